The smallest absolute Gasteiger partial charge is 0.548 e. The third-order valence-corrected chi connectivity index (χ3v) is 3.22. The first-order valence-corrected chi connectivity index (χ1v) is 8.59. The number of hydrogen-bond donors (Lipinski definition) is 3. The van der Waals surface area contributed by atoms with Crippen LogP contribution in [0.5, 0.6) is 5.75 Å². The van der Waals surface area contributed by atoms with Gasteiger partial charge in [0, 0.05) is 0 Å². The Hall–Kier alpha value is -1.96. The van der Waals surface area contributed by atoms with Crippen molar-refractivity contribution in [1.29, 1.82) is 0 Å². The van der Waals surface area contributed by atoms with E-state index in [1.54, 1.807) is 0 Å². The monoisotopic (exact) mass is 428 g/mol. The molecule has 1 aromatic carbocycles. The van der Waals surface area contributed by atoms with E-state index in [-0.39, 0.29) is 48.6 Å². The summed E-state index contributed by atoms with van der Waals surface area (Å²) >= 11 is 0. The van der Waals surface area contributed by atoms with Crippen LogP contribution in [0.3, 0.4) is 0 Å². The van der Waals surface area contributed by atoms with E-state index in [4.69, 9.17) is 4.74 Å². The number of hydrogen-bond acceptors (Lipinski definition) is 7. The molecule has 0 saturated carbocycles. The van der Waals surface area contributed by atoms with E-state index >= 15 is 0 Å². The van der Waals surface area contributed by atoms with Crippen molar-refractivity contribution in [3.63, 3.8) is 0 Å². The summed E-state index contributed by atoms with van der Waals surface area (Å²) in [6.45, 7) is -1.01. The van der Waals surface area contributed by atoms with E-state index in [2.05, 4.69) is 16.6 Å². The van der Waals surface area contributed by atoms with Crippen LogP contribution in [0.25, 0.3) is 0 Å². The standard InChI is InChI=1S/C21H23FO7.Na/c22-16-9-11-18(12-10-16)29-13-17(23)7-5-3-1-2-4-6-8-19(24)20(25)14-28-15-21(26)27;/h2,4-12,17,19-20,23-25H,13-15H2,(H,26,27);/q;+1/p-1/b4-2+,7-5+,8-6+;. The summed E-state index contributed by atoms with van der Waals surface area (Å²) in [4.78, 5) is 10.2. The van der Waals surface area contributed by atoms with Gasteiger partial charge in [0.1, 0.15) is 36.5 Å². The van der Waals surface area contributed by atoms with Gasteiger partial charge in [-0.25, -0.2) is 4.39 Å². The van der Waals surface area contributed by atoms with Gasteiger partial charge in [0.25, 0.3) is 0 Å². The van der Waals surface area contributed by atoms with Crippen molar-refractivity contribution in [2.45, 2.75) is 18.3 Å². The number of aliphatic hydroxyl groups excluding tert-OH is 3. The van der Waals surface area contributed by atoms with Gasteiger partial charge in [0.05, 0.1) is 19.2 Å². The SMILES string of the molecule is O=C([O-])COCC(O)C(O)/C=C/C=C/C#C/C=C/C(O)COc1ccc(F)cc1.[Na+]. The number of halogens is 1. The van der Waals surface area contributed by atoms with E-state index in [1.807, 2.05) is 0 Å². The second-order valence-corrected chi connectivity index (χ2v) is 5.67. The quantitative estimate of drug-likeness (QED) is 0.192. The summed E-state index contributed by atoms with van der Waals surface area (Å²) in [5.74, 6) is 3.99. The van der Waals surface area contributed by atoms with Crippen LogP contribution in [0.2, 0.25) is 0 Å². The number of benzene rings is 1. The van der Waals surface area contributed by atoms with E-state index in [9.17, 15) is 29.6 Å². The van der Waals surface area contributed by atoms with Crippen molar-refractivity contribution >= 4 is 5.97 Å². The normalized spacial score (nSPS) is 14.1. The van der Waals surface area contributed by atoms with Crippen LogP contribution in [0, 0.1) is 17.7 Å². The van der Waals surface area contributed by atoms with E-state index < -0.39 is 30.9 Å². The molecule has 1 rings (SSSR count). The number of aliphatic carboxylic acids is 1. The Kier molecular flexibility index (Phi) is 15.7. The van der Waals surface area contributed by atoms with Gasteiger partial charge in [0.15, 0.2) is 0 Å². The first-order valence-electron chi connectivity index (χ1n) is 8.59. The molecule has 30 heavy (non-hydrogen) atoms. The van der Waals surface area contributed by atoms with Crippen molar-refractivity contribution in [1.82, 2.24) is 0 Å². The van der Waals surface area contributed by atoms with Crippen molar-refractivity contribution in [3.8, 4) is 17.6 Å². The Labute approximate surface area is 196 Å². The molecule has 3 atom stereocenters. The molecule has 0 aliphatic carbocycles. The first kappa shape index (κ1) is 28.0. The Morgan fingerprint density at radius 2 is 1.73 bits per heavy atom. The number of rotatable bonds is 11. The van der Waals surface area contributed by atoms with Crippen LogP contribution in [0.15, 0.2) is 60.7 Å². The zero-order valence-corrected chi connectivity index (χ0v) is 18.5. The molecule has 7 nitrogen and oxygen atoms in total. The van der Waals surface area contributed by atoms with E-state index in [0.29, 0.717) is 5.75 Å². The van der Waals surface area contributed by atoms with Gasteiger partial charge in [-0.2, -0.15) is 0 Å². The van der Waals surface area contributed by atoms with Crippen molar-refractivity contribution in [3.05, 3.63) is 66.5 Å². The molecular formula is C21H22FNaO7. The molecule has 1 aromatic rings. The second-order valence-electron chi connectivity index (χ2n) is 5.67. The Bertz CT molecular complexity index is 766. The van der Waals surface area contributed by atoms with Crippen LogP contribution in [-0.2, 0) is 9.53 Å². The molecule has 0 heterocycles. The van der Waals surface area contributed by atoms with E-state index in [0.717, 1.165) is 0 Å². The van der Waals surface area contributed by atoms with Gasteiger partial charge in [-0.1, -0.05) is 30.1 Å². The Balaban J connectivity index is 0.00000841. The number of carbonyl (C=O) groups excluding carboxylic acids is 1. The molecule has 0 amide bonds. The number of allylic oxidation sites excluding steroid dienone is 4. The Morgan fingerprint density at radius 3 is 2.40 bits per heavy atom. The number of carboxylic acid groups (broad SMARTS) is 1. The Morgan fingerprint density at radius 1 is 1.07 bits per heavy atom. The first-order chi connectivity index (χ1) is 13.9. The third-order valence-electron chi connectivity index (χ3n) is 3.22. The van der Waals surface area contributed by atoms with Crippen LogP contribution in [0.1, 0.15) is 0 Å². The minimum absolute atomic E-state index is 0. The maximum Gasteiger partial charge on any atom is 1.00 e. The third kappa shape index (κ3) is 14.1. The predicted octanol–water partition coefficient (Wildman–Crippen LogP) is -3.27. The summed E-state index contributed by atoms with van der Waals surface area (Å²) in [6, 6.07) is 5.43. The molecule has 3 N–H and O–H groups in total. The van der Waals surface area contributed by atoms with Crippen molar-refractivity contribution in [2.24, 2.45) is 0 Å². The van der Waals surface area contributed by atoms with Crippen LogP contribution < -0.4 is 39.4 Å². The van der Waals surface area contributed by atoms with E-state index in [1.165, 1.54) is 60.7 Å². The van der Waals surface area contributed by atoms with Gasteiger partial charge in [0.2, 0.25) is 0 Å². The second kappa shape index (κ2) is 16.8. The summed E-state index contributed by atoms with van der Waals surface area (Å²) in [6.07, 6.45) is 5.24. The van der Waals surface area contributed by atoms with Crippen molar-refractivity contribution in [2.75, 3.05) is 19.8 Å². The van der Waals surface area contributed by atoms with Crippen LogP contribution >= 0.6 is 0 Å². The average molecular weight is 428 g/mol. The summed E-state index contributed by atoms with van der Waals surface area (Å²) in [5.41, 5.74) is 0. The maximum absolute atomic E-state index is 12.8. The fourth-order valence-electron chi connectivity index (χ4n) is 1.79. The molecule has 0 bridgehead atoms. The predicted molar refractivity (Wildman–Crippen MR) is 101 cm³/mol. The zero-order valence-electron chi connectivity index (χ0n) is 16.5. The molecular weight excluding hydrogens is 406 g/mol. The largest absolute Gasteiger partial charge is 1.00 e. The molecule has 0 aliphatic heterocycles. The molecule has 0 spiro atoms. The number of aliphatic hydroxyl groups is 3. The topological polar surface area (TPSA) is 119 Å². The molecule has 0 aromatic heterocycles. The van der Waals surface area contributed by atoms with Gasteiger partial charge >= 0.3 is 29.6 Å². The summed E-state index contributed by atoms with van der Waals surface area (Å²) in [5, 5.41) is 39.0. The molecule has 9 heteroatoms. The molecule has 3 unspecified atom stereocenters. The fourth-order valence-corrected chi connectivity index (χ4v) is 1.79. The molecule has 0 aliphatic rings. The summed E-state index contributed by atoms with van der Waals surface area (Å²) in [7, 11) is 0. The molecule has 0 saturated heterocycles. The van der Waals surface area contributed by atoms with Gasteiger partial charge < -0.3 is 34.7 Å². The number of ether oxygens (including phenoxy) is 2. The van der Waals surface area contributed by atoms with Gasteiger partial charge in [-0.3, -0.25) is 0 Å². The molecule has 0 radical (unpaired) electrons. The number of carbonyl (C=O) groups is 1. The molecule has 156 valence electrons. The number of carboxylic acids is 1. The average Bonchev–Trinajstić information content (AvgIpc) is 2.69. The van der Waals surface area contributed by atoms with Crippen LogP contribution in [-0.4, -0.2) is 59.4 Å². The maximum atomic E-state index is 12.8. The van der Waals surface area contributed by atoms with Gasteiger partial charge in [-0.05, 0) is 42.5 Å². The minimum atomic E-state index is -1.41. The molecule has 0 fully saturated rings. The van der Waals surface area contributed by atoms with Gasteiger partial charge in [-0.15, -0.1) is 0 Å². The zero-order chi connectivity index (χ0) is 21.5. The van der Waals surface area contributed by atoms with Crippen LogP contribution in [0.4, 0.5) is 4.39 Å². The minimum Gasteiger partial charge on any atom is -0.548 e. The van der Waals surface area contributed by atoms with Crippen molar-refractivity contribution < 1.29 is 68.6 Å². The summed E-state index contributed by atoms with van der Waals surface area (Å²) < 4.78 is 22.7. The fraction of sp³-hybridized carbons (Fsp3) is 0.286.